The number of nitrogens with one attached hydrogen (secondary N) is 2. The first-order valence-corrected chi connectivity index (χ1v) is 13.4. The number of aliphatic hydroxyl groups is 1. The fraction of sp³-hybridized carbons (Fsp3) is 0.321. The fourth-order valence-corrected chi connectivity index (χ4v) is 4.61. The minimum absolute atomic E-state index is 0.185. The van der Waals surface area contributed by atoms with Crippen LogP contribution in [0.15, 0.2) is 53.5 Å². The molecule has 0 bridgehead atoms. The van der Waals surface area contributed by atoms with Crippen molar-refractivity contribution in [2.24, 2.45) is 0 Å². The number of sulfonamides is 1. The molecule has 0 fully saturated rings. The summed E-state index contributed by atoms with van der Waals surface area (Å²) in [5, 5.41) is 10.8. The highest BCUT2D eigenvalue weighted by Crippen LogP contribution is 2.39. The summed E-state index contributed by atoms with van der Waals surface area (Å²) in [6.45, 7) is 9.53. The van der Waals surface area contributed by atoms with Crippen molar-refractivity contribution < 1.29 is 18.3 Å². The third kappa shape index (κ3) is 6.44. The van der Waals surface area contributed by atoms with Gasteiger partial charge in [0, 0.05) is 28.6 Å². The zero-order chi connectivity index (χ0) is 26.9. The van der Waals surface area contributed by atoms with E-state index in [1.54, 1.807) is 57.5 Å². The fourth-order valence-electron chi connectivity index (χ4n) is 4.05. The predicted octanol–water partition coefficient (Wildman–Crippen LogP) is 5.12. The normalized spacial score (nSPS) is 12.7. The number of pyridine rings is 1. The number of aromatic amines is 1. The van der Waals surface area contributed by atoms with Crippen LogP contribution < -0.4 is 15.0 Å². The maximum atomic E-state index is 12.5. The van der Waals surface area contributed by atoms with Crippen molar-refractivity contribution in [2.75, 3.05) is 18.1 Å². The number of rotatable bonds is 7. The van der Waals surface area contributed by atoms with Gasteiger partial charge in [0.05, 0.1) is 19.0 Å². The summed E-state index contributed by atoms with van der Waals surface area (Å²) in [6, 6.07) is 12.5. The van der Waals surface area contributed by atoms with E-state index in [1.165, 1.54) is 0 Å². The minimum atomic E-state index is -3.46. The molecular formula is C28H34N2O5S. The Balaban J connectivity index is 2.21. The van der Waals surface area contributed by atoms with Gasteiger partial charge in [-0.3, -0.25) is 9.52 Å². The average molecular weight is 511 g/mol. The molecule has 0 saturated heterocycles. The molecule has 2 aromatic carbocycles. The second kappa shape index (κ2) is 9.95. The van der Waals surface area contributed by atoms with Crippen LogP contribution in [0.4, 0.5) is 5.69 Å². The third-order valence-electron chi connectivity index (χ3n) is 5.72. The summed E-state index contributed by atoms with van der Waals surface area (Å²) < 4.78 is 31.6. The Hall–Kier alpha value is -3.36. The first-order valence-electron chi connectivity index (χ1n) is 11.5. The molecule has 1 aromatic heterocycles. The molecule has 0 amide bonds. The van der Waals surface area contributed by atoms with Crippen LogP contribution in [0.25, 0.3) is 23.3 Å². The minimum Gasteiger partial charge on any atom is -0.496 e. The lowest BCUT2D eigenvalue weighted by molar-refractivity contribution is 0.0784. The lowest BCUT2D eigenvalue weighted by Crippen LogP contribution is -2.18. The summed E-state index contributed by atoms with van der Waals surface area (Å²) in [4.78, 5) is 15.3. The number of aromatic nitrogens is 1. The van der Waals surface area contributed by atoms with E-state index < -0.39 is 15.6 Å². The number of methoxy groups -OCH3 is 1. The van der Waals surface area contributed by atoms with E-state index in [-0.39, 0.29) is 11.0 Å². The van der Waals surface area contributed by atoms with Crippen LogP contribution in [0.5, 0.6) is 5.75 Å². The molecule has 1 heterocycles. The molecule has 0 aliphatic heterocycles. The average Bonchev–Trinajstić information content (AvgIpc) is 2.75. The third-order valence-corrected chi connectivity index (χ3v) is 6.32. The molecule has 3 rings (SSSR count). The Morgan fingerprint density at radius 3 is 2.19 bits per heavy atom. The molecule has 0 radical (unpaired) electrons. The monoisotopic (exact) mass is 510 g/mol. The van der Waals surface area contributed by atoms with E-state index in [1.807, 2.05) is 24.3 Å². The molecule has 36 heavy (non-hydrogen) atoms. The zero-order valence-corrected chi connectivity index (χ0v) is 22.6. The van der Waals surface area contributed by atoms with Gasteiger partial charge in [-0.2, -0.15) is 0 Å². The first-order chi connectivity index (χ1) is 16.6. The summed E-state index contributed by atoms with van der Waals surface area (Å²) in [6.07, 6.45) is 6.40. The van der Waals surface area contributed by atoms with E-state index in [2.05, 4.69) is 30.5 Å². The van der Waals surface area contributed by atoms with E-state index in [4.69, 9.17) is 4.74 Å². The van der Waals surface area contributed by atoms with Gasteiger partial charge in [0.2, 0.25) is 10.0 Å². The van der Waals surface area contributed by atoms with Crippen molar-refractivity contribution >= 4 is 27.9 Å². The van der Waals surface area contributed by atoms with Crippen LogP contribution in [-0.4, -0.2) is 31.9 Å². The molecule has 3 N–H and O–H groups in total. The lowest BCUT2D eigenvalue weighted by Gasteiger charge is -2.25. The highest BCUT2D eigenvalue weighted by Gasteiger charge is 2.24. The number of benzene rings is 2. The maximum Gasteiger partial charge on any atom is 0.255 e. The van der Waals surface area contributed by atoms with E-state index >= 15 is 0 Å². The van der Waals surface area contributed by atoms with Gasteiger partial charge in [-0.1, -0.05) is 39.0 Å². The summed E-state index contributed by atoms with van der Waals surface area (Å²) in [5.41, 5.74) is 2.98. The summed E-state index contributed by atoms with van der Waals surface area (Å²) in [7, 11) is -1.85. The quantitative estimate of drug-likeness (QED) is 0.383. The van der Waals surface area contributed by atoms with Crippen molar-refractivity contribution in [3.8, 4) is 16.9 Å². The topological polar surface area (TPSA) is 108 Å². The Kier molecular flexibility index (Phi) is 7.53. The van der Waals surface area contributed by atoms with Gasteiger partial charge in [-0.25, -0.2) is 8.42 Å². The van der Waals surface area contributed by atoms with Crippen LogP contribution in [0, 0.1) is 0 Å². The largest absolute Gasteiger partial charge is 0.496 e. The molecule has 3 aromatic rings. The van der Waals surface area contributed by atoms with Crippen molar-refractivity contribution in [1.29, 1.82) is 0 Å². The second-order valence-corrected chi connectivity index (χ2v) is 12.1. The van der Waals surface area contributed by atoms with E-state index in [0.29, 0.717) is 28.1 Å². The van der Waals surface area contributed by atoms with Gasteiger partial charge in [-0.05, 0) is 72.4 Å². The number of H-pyrrole nitrogens is 1. The van der Waals surface area contributed by atoms with E-state index in [9.17, 15) is 18.3 Å². The molecule has 8 heteroatoms. The Morgan fingerprint density at radius 1 is 0.972 bits per heavy atom. The van der Waals surface area contributed by atoms with Gasteiger partial charge in [0.1, 0.15) is 5.75 Å². The smallest absolute Gasteiger partial charge is 0.255 e. The Labute approximate surface area is 212 Å². The summed E-state index contributed by atoms with van der Waals surface area (Å²) in [5.74, 6) is 0.690. The lowest BCUT2D eigenvalue weighted by atomic mass is 9.83. The molecule has 192 valence electrons. The summed E-state index contributed by atoms with van der Waals surface area (Å²) >= 11 is 0. The number of hydrogen-bond donors (Lipinski definition) is 3. The molecule has 0 unspecified atom stereocenters. The number of hydrogen-bond acceptors (Lipinski definition) is 5. The SMILES string of the molecule is COc1c(C=Cc2ccc(NS(C)(=O)=O)cc2C(C)(C)O)cc(-c2ccc[nH]c2=O)cc1C(C)(C)C. The Bertz CT molecular complexity index is 1460. The van der Waals surface area contributed by atoms with Crippen LogP contribution in [0.3, 0.4) is 0 Å². The van der Waals surface area contributed by atoms with Gasteiger partial charge < -0.3 is 14.8 Å². The van der Waals surface area contributed by atoms with Crippen molar-refractivity contribution in [2.45, 2.75) is 45.6 Å². The van der Waals surface area contributed by atoms with Crippen LogP contribution in [-0.2, 0) is 21.0 Å². The van der Waals surface area contributed by atoms with Crippen LogP contribution >= 0.6 is 0 Å². The molecule has 0 atom stereocenters. The molecule has 7 nitrogen and oxygen atoms in total. The standard InChI is InChI=1S/C28H34N2O5S/c1-27(2,3)24-16-20(22-9-8-14-29-26(22)31)15-19(25(24)35-6)11-10-18-12-13-21(30-36(7,33)34)17-23(18)28(4,5)32/h8-17,30,32H,1-7H3,(H,29,31). The Morgan fingerprint density at radius 2 is 1.64 bits per heavy atom. The number of ether oxygens (including phenoxy) is 1. The first kappa shape index (κ1) is 27.2. The predicted molar refractivity (Wildman–Crippen MR) is 147 cm³/mol. The van der Waals surface area contributed by atoms with Gasteiger partial charge in [-0.15, -0.1) is 0 Å². The van der Waals surface area contributed by atoms with Crippen molar-refractivity contribution in [3.63, 3.8) is 0 Å². The second-order valence-electron chi connectivity index (χ2n) is 10.4. The number of anilines is 1. The highest BCUT2D eigenvalue weighted by atomic mass is 32.2. The van der Waals surface area contributed by atoms with Gasteiger partial charge >= 0.3 is 0 Å². The maximum absolute atomic E-state index is 12.5. The van der Waals surface area contributed by atoms with E-state index in [0.717, 1.165) is 22.9 Å². The van der Waals surface area contributed by atoms with Crippen LogP contribution in [0.2, 0.25) is 0 Å². The molecule has 0 aliphatic carbocycles. The molecule has 0 aliphatic rings. The molecular weight excluding hydrogens is 476 g/mol. The highest BCUT2D eigenvalue weighted by molar-refractivity contribution is 7.92. The zero-order valence-electron chi connectivity index (χ0n) is 21.8. The van der Waals surface area contributed by atoms with Crippen molar-refractivity contribution in [3.05, 3.63) is 81.3 Å². The molecule has 0 saturated carbocycles. The van der Waals surface area contributed by atoms with Crippen LogP contribution in [0.1, 0.15) is 56.9 Å². The van der Waals surface area contributed by atoms with Crippen molar-refractivity contribution in [1.82, 2.24) is 4.98 Å². The molecule has 0 spiro atoms. The van der Waals surface area contributed by atoms with Gasteiger partial charge in [0.15, 0.2) is 0 Å². The van der Waals surface area contributed by atoms with Gasteiger partial charge in [0.25, 0.3) is 5.56 Å².